The number of nitrogens with zero attached hydrogens (tertiary/aromatic N) is 1. The predicted octanol–water partition coefficient (Wildman–Crippen LogP) is 4.86. The van der Waals surface area contributed by atoms with Crippen molar-refractivity contribution in [2.24, 2.45) is 0 Å². The number of hydrogen-bond donors (Lipinski definition) is 0. The van der Waals surface area contributed by atoms with Gasteiger partial charge in [0.25, 0.3) is 0 Å². The fourth-order valence-electron chi connectivity index (χ4n) is 1.86. The SMILES string of the molecule is Cc1ccc(C=Cc2ccc(C(C)(C)C)cc2)cn1. The molecule has 0 amide bonds. The van der Waals surface area contributed by atoms with E-state index in [0.29, 0.717) is 0 Å². The molecule has 0 N–H and O–H groups in total. The van der Waals surface area contributed by atoms with Gasteiger partial charge in [-0.3, -0.25) is 4.98 Å². The number of aryl methyl sites for hydroxylation is 1. The standard InChI is InChI=1S/C18H21N/c1-14-5-6-16(13-19-14)8-7-15-9-11-17(12-10-15)18(2,3)4/h5-13H,1-4H3. The van der Waals surface area contributed by atoms with Gasteiger partial charge in [-0.1, -0.05) is 63.3 Å². The summed E-state index contributed by atoms with van der Waals surface area (Å²) in [5.74, 6) is 0. The molecule has 0 spiro atoms. The van der Waals surface area contributed by atoms with E-state index in [1.54, 1.807) is 0 Å². The zero-order chi connectivity index (χ0) is 13.9. The lowest BCUT2D eigenvalue weighted by Crippen LogP contribution is -2.10. The predicted molar refractivity (Wildman–Crippen MR) is 83.0 cm³/mol. The summed E-state index contributed by atoms with van der Waals surface area (Å²) in [6.45, 7) is 8.69. The van der Waals surface area contributed by atoms with Gasteiger partial charge in [-0.15, -0.1) is 0 Å². The molecule has 1 aromatic carbocycles. The maximum atomic E-state index is 4.29. The summed E-state index contributed by atoms with van der Waals surface area (Å²) in [6.07, 6.45) is 6.12. The van der Waals surface area contributed by atoms with Crippen LogP contribution in [0.4, 0.5) is 0 Å². The zero-order valence-electron chi connectivity index (χ0n) is 12.1. The van der Waals surface area contributed by atoms with Crippen LogP contribution in [0.1, 0.15) is 43.2 Å². The van der Waals surface area contributed by atoms with Gasteiger partial charge >= 0.3 is 0 Å². The summed E-state index contributed by atoms with van der Waals surface area (Å²) >= 11 is 0. The highest BCUT2D eigenvalue weighted by atomic mass is 14.6. The Labute approximate surface area is 116 Å². The van der Waals surface area contributed by atoms with Gasteiger partial charge in [0.05, 0.1) is 0 Å². The third-order valence-corrected chi connectivity index (χ3v) is 3.18. The van der Waals surface area contributed by atoms with Crippen LogP contribution in [-0.2, 0) is 5.41 Å². The summed E-state index contributed by atoms with van der Waals surface area (Å²) in [5, 5.41) is 0. The number of aromatic nitrogens is 1. The summed E-state index contributed by atoms with van der Waals surface area (Å²) in [5.41, 5.74) is 4.97. The van der Waals surface area contributed by atoms with E-state index in [-0.39, 0.29) is 5.41 Å². The largest absolute Gasteiger partial charge is 0.261 e. The van der Waals surface area contributed by atoms with E-state index < -0.39 is 0 Å². The van der Waals surface area contributed by atoms with E-state index in [0.717, 1.165) is 11.3 Å². The summed E-state index contributed by atoms with van der Waals surface area (Å²) in [4.78, 5) is 4.29. The van der Waals surface area contributed by atoms with Crippen molar-refractivity contribution in [2.45, 2.75) is 33.1 Å². The lowest BCUT2D eigenvalue weighted by atomic mass is 9.87. The van der Waals surface area contributed by atoms with Crippen LogP contribution in [-0.4, -0.2) is 4.98 Å². The van der Waals surface area contributed by atoms with Gasteiger partial charge in [-0.25, -0.2) is 0 Å². The molecule has 0 unspecified atom stereocenters. The topological polar surface area (TPSA) is 12.9 Å². The lowest BCUT2D eigenvalue weighted by Gasteiger charge is -2.18. The molecule has 98 valence electrons. The Morgan fingerprint density at radius 1 is 0.842 bits per heavy atom. The molecule has 0 saturated carbocycles. The average Bonchev–Trinajstić information content (AvgIpc) is 2.37. The highest BCUT2D eigenvalue weighted by molar-refractivity contribution is 5.69. The molecule has 1 nitrogen and oxygen atoms in total. The molecule has 1 heteroatoms. The highest BCUT2D eigenvalue weighted by Crippen LogP contribution is 2.22. The van der Waals surface area contributed by atoms with E-state index in [1.165, 1.54) is 11.1 Å². The average molecular weight is 251 g/mol. The van der Waals surface area contributed by atoms with E-state index in [9.17, 15) is 0 Å². The van der Waals surface area contributed by atoms with Crippen LogP contribution in [0.25, 0.3) is 12.2 Å². The molecular weight excluding hydrogens is 230 g/mol. The Kier molecular flexibility index (Phi) is 3.84. The molecule has 1 aromatic heterocycles. The first-order valence-corrected chi connectivity index (χ1v) is 6.66. The van der Waals surface area contributed by atoms with Crippen molar-refractivity contribution in [1.82, 2.24) is 4.98 Å². The minimum atomic E-state index is 0.211. The second kappa shape index (κ2) is 5.40. The molecule has 0 fully saturated rings. The van der Waals surface area contributed by atoms with Gasteiger partial charge < -0.3 is 0 Å². The Balaban J connectivity index is 2.13. The van der Waals surface area contributed by atoms with Crippen molar-refractivity contribution < 1.29 is 0 Å². The van der Waals surface area contributed by atoms with Gasteiger partial charge in [-0.2, -0.15) is 0 Å². The van der Waals surface area contributed by atoms with Gasteiger partial charge in [0.15, 0.2) is 0 Å². The second-order valence-electron chi connectivity index (χ2n) is 5.94. The van der Waals surface area contributed by atoms with Gasteiger partial charge in [0.2, 0.25) is 0 Å². The van der Waals surface area contributed by atoms with Crippen molar-refractivity contribution in [2.75, 3.05) is 0 Å². The number of benzene rings is 1. The quantitative estimate of drug-likeness (QED) is 0.743. The van der Waals surface area contributed by atoms with Crippen molar-refractivity contribution >= 4 is 12.2 Å². The fourth-order valence-corrected chi connectivity index (χ4v) is 1.86. The van der Waals surface area contributed by atoms with Gasteiger partial charge in [-0.05, 0) is 35.1 Å². The van der Waals surface area contributed by atoms with Crippen LogP contribution in [0, 0.1) is 6.92 Å². The fraction of sp³-hybridized carbons (Fsp3) is 0.278. The first-order chi connectivity index (χ1) is 8.95. The van der Waals surface area contributed by atoms with Crippen molar-refractivity contribution in [1.29, 1.82) is 0 Å². The molecule has 0 saturated heterocycles. The lowest BCUT2D eigenvalue weighted by molar-refractivity contribution is 0.590. The molecule has 0 atom stereocenters. The van der Waals surface area contributed by atoms with Crippen molar-refractivity contribution in [3.63, 3.8) is 0 Å². The van der Waals surface area contributed by atoms with Crippen LogP contribution >= 0.6 is 0 Å². The van der Waals surface area contributed by atoms with Crippen molar-refractivity contribution in [3.05, 3.63) is 65.0 Å². The van der Waals surface area contributed by atoms with Crippen LogP contribution in [0.15, 0.2) is 42.6 Å². The minimum Gasteiger partial charge on any atom is -0.261 e. The Bertz CT molecular complexity index is 554. The van der Waals surface area contributed by atoms with Gasteiger partial charge in [0.1, 0.15) is 0 Å². The van der Waals surface area contributed by atoms with Crippen LogP contribution in [0.2, 0.25) is 0 Å². The molecule has 0 aliphatic rings. The number of pyridine rings is 1. The Hall–Kier alpha value is -1.89. The Morgan fingerprint density at radius 2 is 1.42 bits per heavy atom. The van der Waals surface area contributed by atoms with E-state index >= 15 is 0 Å². The van der Waals surface area contributed by atoms with E-state index in [1.807, 2.05) is 19.2 Å². The molecule has 0 radical (unpaired) electrons. The number of rotatable bonds is 2. The minimum absolute atomic E-state index is 0.211. The zero-order valence-corrected chi connectivity index (χ0v) is 12.1. The van der Waals surface area contributed by atoms with Crippen LogP contribution in [0.5, 0.6) is 0 Å². The molecule has 0 aliphatic heterocycles. The molecule has 2 aromatic rings. The second-order valence-corrected chi connectivity index (χ2v) is 5.94. The molecule has 1 heterocycles. The normalized spacial score (nSPS) is 12.0. The summed E-state index contributed by atoms with van der Waals surface area (Å²) in [6, 6.07) is 12.8. The smallest absolute Gasteiger partial charge is 0.0373 e. The molecular formula is C18H21N. The maximum Gasteiger partial charge on any atom is 0.0373 e. The van der Waals surface area contributed by atoms with Crippen LogP contribution in [0.3, 0.4) is 0 Å². The maximum absolute atomic E-state index is 4.29. The summed E-state index contributed by atoms with van der Waals surface area (Å²) < 4.78 is 0. The molecule has 19 heavy (non-hydrogen) atoms. The Morgan fingerprint density at radius 3 is 1.95 bits per heavy atom. The highest BCUT2D eigenvalue weighted by Gasteiger charge is 2.12. The third kappa shape index (κ3) is 3.78. The van der Waals surface area contributed by atoms with E-state index in [4.69, 9.17) is 0 Å². The summed E-state index contributed by atoms with van der Waals surface area (Å²) in [7, 11) is 0. The van der Waals surface area contributed by atoms with Crippen LogP contribution < -0.4 is 0 Å². The third-order valence-electron chi connectivity index (χ3n) is 3.18. The molecule has 2 rings (SSSR count). The number of hydrogen-bond acceptors (Lipinski definition) is 1. The van der Waals surface area contributed by atoms with Crippen molar-refractivity contribution in [3.8, 4) is 0 Å². The molecule has 0 aliphatic carbocycles. The molecule has 0 bridgehead atoms. The van der Waals surface area contributed by atoms with Gasteiger partial charge in [0, 0.05) is 11.9 Å². The monoisotopic (exact) mass is 251 g/mol. The first-order valence-electron chi connectivity index (χ1n) is 6.66. The first kappa shape index (κ1) is 13.5. The van der Waals surface area contributed by atoms with E-state index in [2.05, 4.69) is 68.2 Å².